The van der Waals surface area contributed by atoms with Gasteiger partial charge in [0.2, 0.25) is 5.91 Å². The van der Waals surface area contributed by atoms with E-state index in [1.165, 1.54) is 23.8 Å². The van der Waals surface area contributed by atoms with E-state index in [9.17, 15) is 18.4 Å². The molecule has 1 fully saturated rings. The lowest BCUT2D eigenvalue weighted by molar-refractivity contribution is -0.116. The maximum absolute atomic E-state index is 14.4. The molecule has 1 aliphatic heterocycles. The van der Waals surface area contributed by atoms with Gasteiger partial charge in [0.05, 0.1) is 12.2 Å². The summed E-state index contributed by atoms with van der Waals surface area (Å²) in [5.41, 5.74) is 0.296. The Morgan fingerprint density at radius 2 is 2.03 bits per heavy atom. The van der Waals surface area contributed by atoms with Gasteiger partial charge >= 0.3 is 0 Å². The molecule has 9 nitrogen and oxygen atoms in total. The number of nitrogens with one attached hydrogen (secondary N) is 3. The zero-order valence-corrected chi connectivity index (χ0v) is 17.7. The number of hydrogen-bond acceptors (Lipinski definition) is 6. The van der Waals surface area contributed by atoms with E-state index < -0.39 is 29.2 Å². The summed E-state index contributed by atoms with van der Waals surface area (Å²) in [6.45, 7) is 0.602. The minimum Gasteiger partial charge on any atom is -0.356 e. The van der Waals surface area contributed by atoms with Crippen molar-refractivity contribution < 1.29 is 18.4 Å². The van der Waals surface area contributed by atoms with Gasteiger partial charge in [-0.05, 0) is 49.2 Å². The highest BCUT2D eigenvalue weighted by Gasteiger charge is 2.30. The molecule has 0 spiro atoms. The van der Waals surface area contributed by atoms with Gasteiger partial charge < -0.3 is 15.5 Å². The quantitative estimate of drug-likeness (QED) is 0.392. The van der Waals surface area contributed by atoms with Crippen molar-refractivity contribution in [1.29, 1.82) is 5.41 Å². The average molecular weight is 453 g/mol. The van der Waals surface area contributed by atoms with Crippen LogP contribution in [0.15, 0.2) is 48.7 Å². The highest BCUT2D eigenvalue weighted by molar-refractivity contribution is 6.46. The van der Waals surface area contributed by atoms with Crippen molar-refractivity contribution >= 4 is 34.8 Å². The van der Waals surface area contributed by atoms with Crippen LogP contribution in [-0.2, 0) is 9.59 Å². The molecule has 1 saturated heterocycles. The second-order valence-electron chi connectivity index (χ2n) is 7.44. The predicted molar refractivity (Wildman–Crippen MR) is 118 cm³/mol. The number of hydrogen-bond donors (Lipinski definition) is 3. The Morgan fingerprint density at radius 1 is 1.21 bits per heavy atom. The SMILES string of the molecule is CNC(=O)/C=C\C(=N)C(=O)Nc1cnc2ccc(N3CCCC3c3cc(F)ccc3F)nn12. The van der Waals surface area contributed by atoms with E-state index in [0.717, 1.165) is 30.7 Å². The van der Waals surface area contributed by atoms with Gasteiger partial charge in [-0.3, -0.25) is 15.0 Å². The summed E-state index contributed by atoms with van der Waals surface area (Å²) in [5.74, 6) is -1.43. The van der Waals surface area contributed by atoms with Gasteiger partial charge in [0.25, 0.3) is 5.91 Å². The molecule has 0 saturated carbocycles. The van der Waals surface area contributed by atoms with Crippen LogP contribution in [0.2, 0.25) is 0 Å². The third-order valence-electron chi connectivity index (χ3n) is 5.35. The Balaban J connectivity index is 1.60. The largest absolute Gasteiger partial charge is 0.356 e. The number of aromatic nitrogens is 3. The number of rotatable bonds is 6. The summed E-state index contributed by atoms with van der Waals surface area (Å²) in [6.07, 6.45) is 4.98. The standard InChI is InChI=1S/C22H21F2N7O2/c1-26-21(32)9-6-16(25)22(33)28-20-12-27-18-7-8-19(29-31(18)20)30-10-2-3-17(30)14-11-13(23)4-5-15(14)24/h4-9,11-12,17,25H,2-3,10H2,1H3,(H,26,32)(H,28,33)/b9-6-,25-16?. The monoisotopic (exact) mass is 453 g/mol. The zero-order valence-electron chi connectivity index (χ0n) is 17.7. The number of carbonyl (C=O) groups excluding carboxylic acids is 2. The number of benzene rings is 1. The molecule has 1 aromatic carbocycles. The highest BCUT2D eigenvalue weighted by Crippen LogP contribution is 2.36. The van der Waals surface area contributed by atoms with Crippen molar-refractivity contribution in [3.05, 3.63) is 65.9 Å². The molecule has 0 bridgehead atoms. The lowest BCUT2D eigenvalue weighted by Gasteiger charge is -2.26. The molecule has 0 aliphatic carbocycles. The molecule has 4 rings (SSSR count). The second kappa shape index (κ2) is 9.15. The van der Waals surface area contributed by atoms with Gasteiger partial charge in [-0.15, -0.1) is 5.10 Å². The summed E-state index contributed by atoms with van der Waals surface area (Å²) in [6, 6.07) is 6.47. The van der Waals surface area contributed by atoms with Crippen LogP contribution in [0.1, 0.15) is 24.4 Å². The first-order valence-corrected chi connectivity index (χ1v) is 10.2. The average Bonchev–Trinajstić information content (AvgIpc) is 3.45. The third kappa shape index (κ3) is 4.56. The second-order valence-corrected chi connectivity index (χ2v) is 7.44. The van der Waals surface area contributed by atoms with E-state index in [1.807, 2.05) is 4.90 Å². The number of fused-ring (bicyclic) bond motifs is 1. The van der Waals surface area contributed by atoms with E-state index in [1.54, 1.807) is 12.1 Å². The maximum Gasteiger partial charge on any atom is 0.274 e. The number of imidazole rings is 1. The Labute approximate surface area is 187 Å². The van der Waals surface area contributed by atoms with Crippen LogP contribution >= 0.6 is 0 Å². The van der Waals surface area contributed by atoms with Crippen LogP contribution < -0.4 is 15.5 Å². The topological polar surface area (TPSA) is 115 Å². The van der Waals surface area contributed by atoms with Crippen molar-refractivity contribution in [2.75, 3.05) is 23.8 Å². The van der Waals surface area contributed by atoms with Crippen LogP contribution in [-0.4, -0.2) is 45.7 Å². The summed E-state index contributed by atoms with van der Waals surface area (Å²) >= 11 is 0. The minimum absolute atomic E-state index is 0.225. The van der Waals surface area contributed by atoms with Gasteiger partial charge in [-0.2, -0.15) is 4.52 Å². The van der Waals surface area contributed by atoms with E-state index in [0.29, 0.717) is 24.4 Å². The number of amides is 2. The Morgan fingerprint density at radius 3 is 2.82 bits per heavy atom. The smallest absolute Gasteiger partial charge is 0.274 e. The molecule has 11 heteroatoms. The van der Waals surface area contributed by atoms with Crippen molar-refractivity contribution in [2.24, 2.45) is 0 Å². The first-order chi connectivity index (χ1) is 15.9. The number of likely N-dealkylation sites (N-methyl/N-ethyl adjacent to an activating group) is 1. The molecule has 33 heavy (non-hydrogen) atoms. The lowest BCUT2D eigenvalue weighted by atomic mass is 10.0. The van der Waals surface area contributed by atoms with Crippen molar-refractivity contribution in [2.45, 2.75) is 18.9 Å². The fourth-order valence-corrected chi connectivity index (χ4v) is 3.74. The minimum atomic E-state index is -0.745. The maximum atomic E-state index is 14.4. The molecule has 1 unspecified atom stereocenters. The van der Waals surface area contributed by atoms with Gasteiger partial charge in [0.15, 0.2) is 11.5 Å². The molecule has 1 aliphatic rings. The van der Waals surface area contributed by atoms with Gasteiger partial charge in [0, 0.05) is 25.2 Å². The third-order valence-corrected chi connectivity index (χ3v) is 5.35. The predicted octanol–water partition coefficient (Wildman–Crippen LogP) is 2.61. The summed E-state index contributed by atoms with van der Waals surface area (Å²) < 4.78 is 29.6. The van der Waals surface area contributed by atoms with Crippen LogP contribution in [0.4, 0.5) is 20.4 Å². The molecular weight excluding hydrogens is 432 g/mol. The molecule has 3 heterocycles. The van der Waals surface area contributed by atoms with E-state index in [4.69, 9.17) is 5.41 Å². The van der Waals surface area contributed by atoms with Crippen molar-refractivity contribution in [3.63, 3.8) is 0 Å². The molecule has 170 valence electrons. The molecule has 0 radical (unpaired) electrons. The zero-order chi connectivity index (χ0) is 23.5. The van der Waals surface area contributed by atoms with Crippen LogP contribution in [0.3, 0.4) is 0 Å². The van der Waals surface area contributed by atoms with E-state index in [-0.39, 0.29) is 17.4 Å². The molecule has 2 aromatic heterocycles. The fourth-order valence-electron chi connectivity index (χ4n) is 3.74. The molecule has 3 N–H and O–H groups in total. The first-order valence-electron chi connectivity index (χ1n) is 10.2. The van der Waals surface area contributed by atoms with Gasteiger partial charge in [-0.1, -0.05) is 0 Å². The van der Waals surface area contributed by atoms with Crippen molar-refractivity contribution in [3.8, 4) is 0 Å². The summed E-state index contributed by atoms with van der Waals surface area (Å²) in [4.78, 5) is 29.7. The first kappa shape index (κ1) is 22.1. The van der Waals surface area contributed by atoms with Gasteiger partial charge in [-0.25, -0.2) is 13.8 Å². The number of nitrogens with zero attached hydrogens (tertiary/aromatic N) is 4. The molecule has 3 aromatic rings. The van der Waals surface area contributed by atoms with Crippen molar-refractivity contribution in [1.82, 2.24) is 19.9 Å². The normalized spacial score (nSPS) is 15.8. The molecular formula is C22H21F2N7O2. The number of halogens is 2. The van der Waals surface area contributed by atoms with Crippen LogP contribution in [0.5, 0.6) is 0 Å². The summed E-state index contributed by atoms with van der Waals surface area (Å²) in [7, 11) is 1.44. The highest BCUT2D eigenvalue weighted by atomic mass is 19.1. The van der Waals surface area contributed by atoms with Gasteiger partial charge in [0.1, 0.15) is 23.2 Å². The number of anilines is 2. The van der Waals surface area contributed by atoms with E-state index in [2.05, 4.69) is 20.7 Å². The lowest BCUT2D eigenvalue weighted by Crippen LogP contribution is -2.26. The molecule has 1 atom stereocenters. The van der Waals surface area contributed by atoms with Crippen LogP contribution in [0.25, 0.3) is 5.65 Å². The van der Waals surface area contributed by atoms with E-state index >= 15 is 0 Å². The molecule has 2 amide bonds. The summed E-state index contributed by atoms with van der Waals surface area (Å²) in [5, 5.41) is 17.3. The van der Waals surface area contributed by atoms with Crippen LogP contribution in [0, 0.1) is 17.0 Å². The Bertz CT molecular complexity index is 1270. The Kier molecular flexibility index (Phi) is 6.11. The number of carbonyl (C=O) groups is 2. The fraction of sp³-hybridized carbons (Fsp3) is 0.227. The Hall–Kier alpha value is -4.15.